The first-order chi connectivity index (χ1) is 17.7. The van der Waals surface area contributed by atoms with E-state index < -0.39 is 17.8 Å². The molecule has 0 unspecified atom stereocenters. The van der Waals surface area contributed by atoms with Crippen molar-refractivity contribution in [3.8, 4) is 0 Å². The van der Waals surface area contributed by atoms with E-state index in [-0.39, 0.29) is 17.1 Å². The predicted octanol–water partition coefficient (Wildman–Crippen LogP) is 7.15. The van der Waals surface area contributed by atoms with Crippen molar-refractivity contribution >= 4 is 51.3 Å². The van der Waals surface area contributed by atoms with Gasteiger partial charge >= 0.3 is 12.1 Å². The summed E-state index contributed by atoms with van der Waals surface area (Å²) in [5, 5.41) is 1.21. The van der Waals surface area contributed by atoms with Gasteiger partial charge in [0.2, 0.25) is 0 Å². The van der Waals surface area contributed by atoms with Crippen LogP contribution in [0.2, 0.25) is 5.02 Å². The molecule has 6 nitrogen and oxygen atoms in total. The summed E-state index contributed by atoms with van der Waals surface area (Å²) >= 11 is 7.66. The normalized spacial score (nSPS) is 11.9. The molecular weight excluding hydrogens is 527 g/mol. The quantitative estimate of drug-likeness (QED) is 0.118. The Morgan fingerprint density at radius 3 is 2.59 bits per heavy atom. The molecular formula is C26H25ClF3N3O3S. The number of halogens is 4. The van der Waals surface area contributed by atoms with E-state index in [4.69, 9.17) is 26.1 Å². The van der Waals surface area contributed by atoms with Crippen LogP contribution in [0.15, 0.2) is 47.6 Å². The number of carbonyl (C=O) groups is 1. The van der Waals surface area contributed by atoms with Crippen molar-refractivity contribution in [3.63, 3.8) is 0 Å². The van der Waals surface area contributed by atoms with Gasteiger partial charge in [0.05, 0.1) is 33.7 Å². The molecule has 2 aromatic heterocycles. The summed E-state index contributed by atoms with van der Waals surface area (Å²) in [4.78, 5) is 20.7. The van der Waals surface area contributed by atoms with Gasteiger partial charge in [-0.15, -0.1) is 0 Å². The van der Waals surface area contributed by atoms with E-state index in [0.717, 1.165) is 28.7 Å². The molecule has 0 saturated heterocycles. The van der Waals surface area contributed by atoms with E-state index in [1.54, 1.807) is 37.3 Å². The number of pyridine rings is 1. The van der Waals surface area contributed by atoms with Crippen LogP contribution in [0.25, 0.3) is 21.9 Å². The predicted molar refractivity (Wildman–Crippen MR) is 138 cm³/mol. The zero-order chi connectivity index (χ0) is 26.6. The summed E-state index contributed by atoms with van der Waals surface area (Å²) < 4.78 is 51.9. The molecule has 0 saturated carbocycles. The number of nitrogens with zero attached hydrogens (tertiary/aromatic N) is 3. The minimum Gasteiger partial charge on any atom is -0.462 e. The van der Waals surface area contributed by atoms with Gasteiger partial charge in [0.1, 0.15) is 5.69 Å². The number of aryl methyl sites for hydroxylation is 1. The molecule has 37 heavy (non-hydrogen) atoms. The van der Waals surface area contributed by atoms with Gasteiger partial charge in [-0.05, 0) is 62.2 Å². The number of rotatable bonds is 10. The van der Waals surface area contributed by atoms with Crippen LogP contribution in [0, 0.1) is 0 Å². The maximum absolute atomic E-state index is 13.1. The van der Waals surface area contributed by atoms with Crippen molar-refractivity contribution in [2.24, 2.45) is 0 Å². The number of imidazole rings is 1. The van der Waals surface area contributed by atoms with Crippen LogP contribution in [-0.4, -0.2) is 40.3 Å². The van der Waals surface area contributed by atoms with Gasteiger partial charge in [0.25, 0.3) is 0 Å². The molecule has 2 aromatic carbocycles. The number of esters is 1. The molecule has 0 aliphatic carbocycles. The molecule has 0 spiro atoms. The number of hydrogen-bond donors (Lipinski definition) is 0. The van der Waals surface area contributed by atoms with Crippen LogP contribution in [0.5, 0.6) is 0 Å². The summed E-state index contributed by atoms with van der Waals surface area (Å²) in [7, 11) is 0. The van der Waals surface area contributed by atoms with E-state index in [1.165, 1.54) is 11.8 Å². The first-order valence-corrected chi connectivity index (χ1v) is 13.1. The summed E-state index contributed by atoms with van der Waals surface area (Å²) in [6.45, 7) is 5.90. The lowest BCUT2D eigenvalue weighted by Crippen LogP contribution is -2.08. The summed E-state index contributed by atoms with van der Waals surface area (Å²) in [5.74, 6) is 0.104. The van der Waals surface area contributed by atoms with Crippen molar-refractivity contribution in [1.29, 1.82) is 0 Å². The van der Waals surface area contributed by atoms with Gasteiger partial charge in [-0.25, -0.2) is 14.8 Å². The highest BCUT2D eigenvalue weighted by Gasteiger charge is 2.33. The Hall–Kier alpha value is -2.82. The van der Waals surface area contributed by atoms with Crippen LogP contribution >= 0.6 is 23.4 Å². The smallest absolute Gasteiger partial charge is 0.433 e. The van der Waals surface area contributed by atoms with Crippen LogP contribution in [-0.2, 0) is 27.9 Å². The highest BCUT2D eigenvalue weighted by molar-refractivity contribution is 7.98. The Bertz CT molecular complexity index is 1430. The lowest BCUT2D eigenvalue weighted by molar-refractivity contribution is -0.140. The molecule has 4 rings (SSSR count). The molecule has 2 heterocycles. The molecule has 196 valence electrons. The molecule has 0 aliphatic rings. The molecule has 0 bridgehead atoms. The van der Waals surface area contributed by atoms with E-state index in [2.05, 4.69) is 9.55 Å². The maximum atomic E-state index is 13.1. The summed E-state index contributed by atoms with van der Waals surface area (Å²) in [6, 6.07) is 11.2. The minimum absolute atomic E-state index is 0.00108. The Morgan fingerprint density at radius 2 is 1.86 bits per heavy atom. The number of aromatic nitrogens is 3. The fourth-order valence-electron chi connectivity index (χ4n) is 3.86. The third kappa shape index (κ3) is 6.37. The van der Waals surface area contributed by atoms with Crippen molar-refractivity contribution in [3.05, 3.63) is 64.3 Å². The zero-order valence-electron chi connectivity index (χ0n) is 20.3. The Labute approximate surface area is 221 Å². The van der Waals surface area contributed by atoms with E-state index >= 15 is 0 Å². The molecule has 0 N–H and O–H groups in total. The largest absolute Gasteiger partial charge is 0.462 e. The average Bonchev–Trinajstić information content (AvgIpc) is 3.21. The molecule has 11 heteroatoms. The summed E-state index contributed by atoms with van der Waals surface area (Å²) in [5.41, 5.74) is 2.02. The standard InChI is InChI=1S/C26H25ClF3N3O3S/c1-3-35-11-5-10-33-22-9-7-17(24(34)36-4-2)13-21(22)32-25(33)37-15-16-6-8-20-18(12-16)19(27)14-23(31-20)26(28,29)30/h6-9,12-14H,3-5,10-11,15H2,1-2H3. The number of fused-ring (bicyclic) bond motifs is 2. The minimum atomic E-state index is -4.57. The number of benzene rings is 2. The number of thioether (sulfide) groups is 1. The van der Waals surface area contributed by atoms with Gasteiger partial charge in [0.15, 0.2) is 5.16 Å². The second-order valence-corrected chi connectivity index (χ2v) is 9.50. The molecule has 4 aromatic rings. The fraction of sp³-hybridized carbons (Fsp3) is 0.346. The first kappa shape index (κ1) is 27.2. The van der Waals surface area contributed by atoms with E-state index in [9.17, 15) is 18.0 Å². The highest BCUT2D eigenvalue weighted by atomic mass is 35.5. The SMILES string of the molecule is CCOCCCn1c(SCc2ccc3nc(C(F)(F)F)cc(Cl)c3c2)nc2cc(C(=O)OCC)ccc21. The Morgan fingerprint density at radius 1 is 1.05 bits per heavy atom. The number of hydrogen-bond acceptors (Lipinski definition) is 6. The van der Waals surface area contributed by atoms with Crippen LogP contribution in [0.1, 0.15) is 41.9 Å². The summed E-state index contributed by atoms with van der Waals surface area (Å²) in [6.07, 6.45) is -3.79. The zero-order valence-corrected chi connectivity index (χ0v) is 21.8. The van der Waals surface area contributed by atoms with Crippen molar-refractivity contribution in [2.45, 2.75) is 43.9 Å². The lowest BCUT2D eigenvalue weighted by atomic mass is 10.1. The topological polar surface area (TPSA) is 66.2 Å². The number of carbonyl (C=O) groups excluding carboxylic acids is 1. The monoisotopic (exact) mass is 551 g/mol. The lowest BCUT2D eigenvalue weighted by Gasteiger charge is -2.11. The fourth-order valence-corrected chi connectivity index (χ4v) is 5.10. The van der Waals surface area contributed by atoms with Crippen molar-refractivity contribution in [1.82, 2.24) is 14.5 Å². The Balaban J connectivity index is 1.61. The molecule has 0 atom stereocenters. The molecule has 0 fully saturated rings. The molecule has 0 aliphatic heterocycles. The third-order valence-corrected chi connectivity index (χ3v) is 6.94. The van der Waals surface area contributed by atoms with Gasteiger partial charge in [0, 0.05) is 30.9 Å². The van der Waals surface area contributed by atoms with Gasteiger partial charge in [-0.2, -0.15) is 13.2 Å². The second kappa shape index (κ2) is 11.7. The third-order valence-electron chi connectivity index (χ3n) is 5.58. The van der Waals surface area contributed by atoms with Crippen LogP contribution < -0.4 is 0 Å². The number of ether oxygens (including phenoxy) is 2. The maximum Gasteiger partial charge on any atom is 0.433 e. The Kier molecular flexibility index (Phi) is 8.61. The van der Waals surface area contributed by atoms with Crippen LogP contribution in [0.4, 0.5) is 13.2 Å². The van der Waals surface area contributed by atoms with Gasteiger partial charge in [-0.1, -0.05) is 29.4 Å². The van der Waals surface area contributed by atoms with Crippen LogP contribution in [0.3, 0.4) is 0 Å². The van der Waals surface area contributed by atoms with Gasteiger partial charge in [-0.3, -0.25) is 0 Å². The molecule has 0 amide bonds. The first-order valence-electron chi connectivity index (χ1n) is 11.8. The number of alkyl halides is 3. The van der Waals surface area contributed by atoms with Crippen molar-refractivity contribution in [2.75, 3.05) is 19.8 Å². The average molecular weight is 552 g/mol. The van der Waals surface area contributed by atoms with E-state index in [1.807, 2.05) is 13.0 Å². The second-order valence-electron chi connectivity index (χ2n) is 8.15. The van der Waals surface area contributed by atoms with Gasteiger partial charge < -0.3 is 14.0 Å². The molecule has 0 radical (unpaired) electrons. The van der Waals surface area contributed by atoms with Crippen molar-refractivity contribution < 1.29 is 27.4 Å². The highest BCUT2D eigenvalue weighted by Crippen LogP contribution is 2.34. The van der Waals surface area contributed by atoms with E-state index in [0.29, 0.717) is 42.0 Å².